The average Bonchev–Trinajstić information content (AvgIpc) is 2.77. The molecule has 0 radical (unpaired) electrons. The maximum Gasteiger partial charge on any atom is 0.182 e. The molecule has 3 nitrogen and oxygen atoms in total. The minimum atomic E-state index is 0.613. The molecule has 102 valence electrons. The quantitative estimate of drug-likeness (QED) is 0.708. The second-order valence-corrected chi connectivity index (χ2v) is 5.12. The number of H-pyrrole nitrogens is 1. The van der Waals surface area contributed by atoms with Gasteiger partial charge in [-0.15, -0.1) is 0 Å². The smallest absolute Gasteiger partial charge is 0.182 e. The molecule has 5 heteroatoms. The van der Waals surface area contributed by atoms with Gasteiger partial charge in [-0.25, -0.2) is 0 Å². The van der Waals surface area contributed by atoms with E-state index in [4.69, 9.17) is 28.6 Å². The van der Waals surface area contributed by atoms with Crippen molar-refractivity contribution in [3.63, 3.8) is 0 Å². The Morgan fingerprint density at radius 3 is 2.85 bits per heavy atom. The second-order valence-electron chi connectivity index (χ2n) is 4.33. The second kappa shape index (κ2) is 5.31. The lowest BCUT2D eigenvalue weighted by Crippen LogP contribution is -1.96. The van der Waals surface area contributed by atoms with Crippen LogP contribution in [0.2, 0.25) is 5.02 Å². The zero-order chi connectivity index (χ0) is 14.1. The highest BCUT2D eigenvalue weighted by Gasteiger charge is 2.09. The Balaban J connectivity index is 2.24. The van der Waals surface area contributed by atoms with Crippen LogP contribution < -0.4 is 4.74 Å². The van der Waals surface area contributed by atoms with Crippen molar-refractivity contribution >= 4 is 34.9 Å². The van der Waals surface area contributed by atoms with Crippen LogP contribution in [0, 0.1) is 4.77 Å². The lowest BCUT2D eigenvalue weighted by atomic mass is 10.2. The van der Waals surface area contributed by atoms with Gasteiger partial charge >= 0.3 is 0 Å². The lowest BCUT2D eigenvalue weighted by molar-refractivity contribution is 0.340. The van der Waals surface area contributed by atoms with Gasteiger partial charge in [-0.2, -0.15) is 0 Å². The molecule has 3 aromatic rings. The van der Waals surface area contributed by atoms with Gasteiger partial charge < -0.3 is 9.72 Å². The molecule has 1 aromatic heterocycles. The highest BCUT2D eigenvalue weighted by molar-refractivity contribution is 7.71. The third-order valence-corrected chi connectivity index (χ3v) is 3.65. The maximum atomic E-state index is 6.20. The van der Waals surface area contributed by atoms with Gasteiger partial charge in [0.2, 0.25) is 0 Å². The fourth-order valence-corrected chi connectivity index (χ4v) is 2.75. The molecule has 0 bridgehead atoms. The number of ether oxygens (including phenoxy) is 1. The van der Waals surface area contributed by atoms with Gasteiger partial charge in [0, 0.05) is 6.07 Å². The van der Waals surface area contributed by atoms with E-state index in [-0.39, 0.29) is 0 Å². The number of aromatic amines is 1. The molecular formula is C15H13ClN2OS. The predicted octanol–water partition coefficient (Wildman–Crippen LogP) is 4.74. The highest BCUT2D eigenvalue weighted by Crippen LogP contribution is 2.26. The van der Waals surface area contributed by atoms with Gasteiger partial charge in [0.1, 0.15) is 5.75 Å². The average molecular weight is 305 g/mol. The monoisotopic (exact) mass is 304 g/mol. The number of halogens is 1. The molecule has 0 aliphatic rings. The minimum Gasteiger partial charge on any atom is -0.494 e. The first-order valence-electron chi connectivity index (χ1n) is 6.33. The molecule has 0 amide bonds. The summed E-state index contributed by atoms with van der Waals surface area (Å²) in [5, 5.41) is 0.660. The summed E-state index contributed by atoms with van der Waals surface area (Å²) in [7, 11) is 0. The molecule has 1 heterocycles. The van der Waals surface area contributed by atoms with Gasteiger partial charge in [-0.1, -0.05) is 23.7 Å². The molecule has 0 saturated carbocycles. The molecule has 0 unspecified atom stereocenters. The minimum absolute atomic E-state index is 0.613. The number of benzene rings is 2. The highest BCUT2D eigenvalue weighted by atomic mass is 35.5. The summed E-state index contributed by atoms with van der Waals surface area (Å²) < 4.78 is 8.11. The Hall–Kier alpha value is -1.78. The third-order valence-electron chi connectivity index (χ3n) is 3.05. The van der Waals surface area contributed by atoms with Crippen LogP contribution in [0.25, 0.3) is 16.7 Å². The molecule has 3 rings (SSSR count). The van der Waals surface area contributed by atoms with Crippen LogP contribution >= 0.6 is 23.8 Å². The van der Waals surface area contributed by atoms with E-state index in [2.05, 4.69) is 4.98 Å². The Morgan fingerprint density at radius 1 is 1.25 bits per heavy atom. The number of rotatable bonds is 3. The first-order chi connectivity index (χ1) is 9.70. The predicted molar refractivity (Wildman–Crippen MR) is 84.6 cm³/mol. The standard InChI is InChI=1S/C15H13ClN2OS/c1-2-19-11-6-3-5-10(9-11)18-13-8-4-7-12(16)14(13)17-15(18)20/h3-9H,2H2,1H3,(H,17,20). The summed E-state index contributed by atoms with van der Waals surface area (Å²) in [6.07, 6.45) is 0. The van der Waals surface area contributed by atoms with Crippen LogP contribution in [0.5, 0.6) is 5.75 Å². The van der Waals surface area contributed by atoms with Crippen molar-refractivity contribution in [1.82, 2.24) is 9.55 Å². The fourth-order valence-electron chi connectivity index (χ4n) is 2.23. The summed E-state index contributed by atoms with van der Waals surface area (Å²) in [5.41, 5.74) is 2.76. The summed E-state index contributed by atoms with van der Waals surface area (Å²) in [6, 6.07) is 13.6. The number of aromatic nitrogens is 2. The van der Waals surface area contributed by atoms with Crippen LogP contribution in [0.3, 0.4) is 0 Å². The maximum absolute atomic E-state index is 6.20. The number of para-hydroxylation sites is 1. The third kappa shape index (κ3) is 2.21. The van der Waals surface area contributed by atoms with E-state index in [1.54, 1.807) is 0 Å². The van der Waals surface area contributed by atoms with E-state index < -0.39 is 0 Å². The molecule has 2 aromatic carbocycles. The zero-order valence-electron chi connectivity index (χ0n) is 10.9. The number of nitrogens with zero attached hydrogens (tertiary/aromatic N) is 1. The van der Waals surface area contributed by atoms with Crippen molar-refractivity contribution in [1.29, 1.82) is 0 Å². The molecular weight excluding hydrogens is 292 g/mol. The van der Waals surface area contributed by atoms with E-state index in [0.717, 1.165) is 22.5 Å². The van der Waals surface area contributed by atoms with Gasteiger partial charge in [0.25, 0.3) is 0 Å². The van der Waals surface area contributed by atoms with Gasteiger partial charge in [-0.3, -0.25) is 4.57 Å². The van der Waals surface area contributed by atoms with Crippen molar-refractivity contribution in [3.8, 4) is 11.4 Å². The van der Waals surface area contributed by atoms with Gasteiger partial charge in [0.05, 0.1) is 28.4 Å². The number of hydrogen-bond acceptors (Lipinski definition) is 2. The fraction of sp³-hybridized carbons (Fsp3) is 0.133. The van der Waals surface area contributed by atoms with Crippen molar-refractivity contribution in [3.05, 3.63) is 52.3 Å². The van der Waals surface area contributed by atoms with Crippen LogP contribution in [0.4, 0.5) is 0 Å². The normalized spacial score (nSPS) is 10.9. The number of nitrogens with one attached hydrogen (secondary N) is 1. The summed E-state index contributed by atoms with van der Waals surface area (Å²) in [5.74, 6) is 0.822. The Bertz CT molecular complexity index is 822. The molecule has 0 fully saturated rings. The molecule has 0 atom stereocenters. The van der Waals surface area contributed by atoms with Crippen molar-refractivity contribution in [2.45, 2.75) is 6.92 Å². The van der Waals surface area contributed by atoms with Crippen molar-refractivity contribution in [2.75, 3.05) is 6.61 Å². The summed E-state index contributed by atoms with van der Waals surface area (Å²) in [6.45, 7) is 2.60. The van der Waals surface area contributed by atoms with Gasteiger partial charge in [-0.05, 0) is 43.4 Å². The molecule has 20 heavy (non-hydrogen) atoms. The van der Waals surface area contributed by atoms with Crippen molar-refractivity contribution < 1.29 is 4.74 Å². The molecule has 0 spiro atoms. The van der Waals surface area contributed by atoms with E-state index in [9.17, 15) is 0 Å². The van der Waals surface area contributed by atoms with E-state index in [1.165, 1.54) is 0 Å². The van der Waals surface area contributed by atoms with Gasteiger partial charge in [0.15, 0.2) is 4.77 Å². The Kier molecular flexibility index (Phi) is 3.51. The van der Waals surface area contributed by atoms with Crippen molar-refractivity contribution in [2.24, 2.45) is 0 Å². The molecule has 0 aliphatic carbocycles. The summed E-state index contributed by atoms with van der Waals surface area (Å²) in [4.78, 5) is 3.15. The molecule has 0 saturated heterocycles. The Morgan fingerprint density at radius 2 is 2.05 bits per heavy atom. The van der Waals surface area contributed by atoms with Crippen LogP contribution in [0.15, 0.2) is 42.5 Å². The van der Waals surface area contributed by atoms with E-state index >= 15 is 0 Å². The number of imidazole rings is 1. The Labute approximate surface area is 126 Å². The lowest BCUT2D eigenvalue weighted by Gasteiger charge is -2.08. The molecule has 0 aliphatic heterocycles. The first kappa shape index (κ1) is 13.2. The first-order valence-corrected chi connectivity index (χ1v) is 7.12. The van der Waals surface area contributed by atoms with E-state index in [1.807, 2.05) is 54.0 Å². The van der Waals surface area contributed by atoms with Crippen LogP contribution in [0.1, 0.15) is 6.92 Å². The molecule has 1 N–H and O–H groups in total. The number of hydrogen-bond donors (Lipinski definition) is 1. The zero-order valence-corrected chi connectivity index (χ0v) is 12.5. The van der Waals surface area contributed by atoms with Crippen LogP contribution in [-0.4, -0.2) is 16.2 Å². The largest absolute Gasteiger partial charge is 0.494 e. The van der Waals surface area contributed by atoms with E-state index in [0.29, 0.717) is 16.4 Å². The SMILES string of the molecule is CCOc1cccc(-n2c(=S)[nH]c3c(Cl)cccc32)c1. The summed E-state index contributed by atoms with van der Waals surface area (Å²) >= 11 is 11.6. The topological polar surface area (TPSA) is 29.9 Å². The number of fused-ring (bicyclic) bond motifs is 1. The van der Waals surface area contributed by atoms with Crippen LogP contribution in [-0.2, 0) is 0 Å².